The molecule has 18 heavy (non-hydrogen) atoms. The molecule has 96 valence electrons. The Bertz CT molecular complexity index is 510. The number of rotatable bonds is 5. The lowest BCUT2D eigenvalue weighted by Crippen LogP contribution is -2.23. The van der Waals surface area contributed by atoms with Crippen LogP contribution in [0.15, 0.2) is 29.6 Å². The van der Waals surface area contributed by atoms with E-state index < -0.39 is 0 Å². The van der Waals surface area contributed by atoms with Crippen molar-refractivity contribution in [1.29, 1.82) is 0 Å². The predicted octanol–water partition coefficient (Wildman–Crippen LogP) is 4.00. The van der Waals surface area contributed by atoms with Crippen LogP contribution in [0.2, 0.25) is 5.02 Å². The van der Waals surface area contributed by atoms with Gasteiger partial charge in [-0.2, -0.15) is 0 Å². The molecular weight excluding hydrogens is 264 g/mol. The number of aryl methyl sites for hydroxylation is 1. The number of benzene rings is 1. The largest absolute Gasteiger partial charge is 0.309 e. The Morgan fingerprint density at radius 1 is 1.44 bits per heavy atom. The zero-order valence-corrected chi connectivity index (χ0v) is 12.2. The van der Waals surface area contributed by atoms with E-state index in [0.29, 0.717) is 0 Å². The van der Waals surface area contributed by atoms with E-state index in [1.54, 1.807) is 11.3 Å². The van der Waals surface area contributed by atoms with E-state index in [4.69, 9.17) is 11.6 Å². The number of nitrogens with one attached hydrogen (secondary N) is 1. The normalized spacial score (nSPS) is 12.6. The SMILES string of the molecule is CCNC(Cc1cccc(Cl)c1)c1csc(C)n1. The average molecular weight is 281 g/mol. The molecule has 1 atom stereocenters. The first-order valence-corrected chi connectivity index (χ1v) is 7.34. The van der Waals surface area contributed by atoms with Crippen molar-refractivity contribution >= 4 is 22.9 Å². The summed E-state index contributed by atoms with van der Waals surface area (Å²) >= 11 is 7.72. The maximum atomic E-state index is 6.02. The lowest BCUT2D eigenvalue weighted by molar-refractivity contribution is 0.538. The Morgan fingerprint density at radius 3 is 2.89 bits per heavy atom. The molecule has 0 aliphatic carbocycles. The van der Waals surface area contributed by atoms with Crippen molar-refractivity contribution in [2.45, 2.75) is 26.3 Å². The van der Waals surface area contributed by atoms with Crippen molar-refractivity contribution in [3.63, 3.8) is 0 Å². The van der Waals surface area contributed by atoms with E-state index in [1.807, 2.05) is 25.1 Å². The van der Waals surface area contributed by atoms with Crippen LogP contribution in [0.3, 0.4) is 0 Å². The van der Waals surface area contributed by atoms with Crippen molar-refractivity contribution < 1.29 is 0 Å². The first-order valence-electron chi connectivity index (χ1n) is 6.09. The number of aromatic nitrogens is 1. The van der Waals surface area contributed by atoms with Gasteiger partial charge in [0, 0.05) is 10.4 Å². The van der Waals surface area contributed by atoms with E-state index >= 15 is 0 Å². The molecule has 0 aliphatic rings. The molecule has 2 nitrogen and oxygen atoms in total. The molecule has 0 fully saturated rings. The summed E-state index contributed by atoms with van der Waals surface area (Å²) in [6.45, 7) is 5.09. The molecule has 0 amide bonds. The Morgan fingerprint density at radius 2 is 2.28 bits per heavy atom. The number of thiazole rings is 1. The highest BCUT2D eigenvalue weighted by Gasteiger charge is 2.14. The van der Waals surface area contributed by atoms with Crippen molar-refractivity contribution in [2.24, 2.45) is 0 Å². The summed E-state index contributed by atoms with van der Waals surface area (Å²) in [6.07, 6.45) is 0.914. The minimum absolute atomic E-state index is 0.262. The van der Waals surface area contributed by atoms with Gasteiger partial charge in [-0.25, -0.2) is 4.98 Å². The summed E-state index contributed by atoms with van der Waals surface area (Å²) in [5, 5.41) is 7.51. The Balaban J connectivity index is 2.16. The number of hydrogen-bond acceptors (Lipinski definition) is 3. The maximum absolute atomic E-state index is 6.02. The summed E-state index contributed by atoms with van der Waals surface area (Å²) in [5.41, 5.74) is 2.36. The second-order valence-electron chi connectivity index (χ2n) is 4.24. The van der Waals surface area contributed by atoms with Gasteiger partial charge in [-0.05, 0) is 37.6 Å². The maximum Gasteiger partial charge on any atom is 0.0898 e. The lowest BCUT2D eigenvalue weighted by atomic mass is 10.0. The third-order valence-corrected chi connectivity index (χ3v) is 3.80. The van der Waals surface area contributed by atoms with Crippen LogP contribution >= 0.6 is 22.9 Å². The van der Waals surface area contributed by atoms with Gasteiger partial charge >= 0.3 is 0 Å². The van der Waals surface area contributed by atoms with Crippen LogP contribution < -0.4 is 5.32 Å². The summed E-state index contributed by atoms with van der Waals surface area (Å²) in [4.78, 5) is 4.57. The molecular formula is C14H17ClN2S. The van der Waals surface area contributed by atoms with Crippen molar-refractivity contribution in [3.05, 3.63) is 50.9 Å². The van der Waals surface area contributed by atoms with E-state index in [1.165, 1.54) is 5.56 Å². The van der Waals surface area contributed by atoms with Gasteiger partial charge in [-0.3, -0.25) is 0 Å². The van der Waals surface area contributed by atoms with Crippen LogP contribution in [0, 0.1) is 6.92 Å². The van der Waals surface area contributed by atoms with Crippen LogP contribution in [0.5, 0.6) is 0 Å². The minimum atomic E-state index is 0.262. The van der Waals surface area contributed by atoms with Crippen LogP contribution in [0.1, 0.15) is 29.2 Å². The van der Waals surface area contributed by atoms with Gasteiger partial charge in [0.05, 0.1) is 16.7 Å². The highest BCUT2D eigenvalue weighted by atomic mass is 35.5. The van der Waals surface area contributed by atoms with Crippen molar-refractivity contribution in [3.8, 4) is 0 Å². The van der Waals surface area contributed by atoms with E-state index in [0.717, 1.165) is 28.7 Å². The van der Waals surface area contributed by atoms with Gasteiger partial charge < -0.3 is 5.32 Å². The fraction of sp³-hybridized carbons (Fsp3) is 0.357. The molecule has 0 saturated heterocycles. The molecule has 0 aliphatic heterocycles. The van der Waals surface area contributed by atoms with Gasteiger partial charge in [0.15, 0.2) is 0 Å². The second-order valence-corrected chi connectivity index (χ2v) is 5.73. The number of hydrogen-bond donors (Lipinski definition) is 1. The summed E-state index contributed by atoms with van der Waals surface area (Å²) in [7, 11) is 0. The molecule has 0 radical (unpaired) electrons. The lowest BCUT2D eigenvalue weighted by Gasteiger charge is -2.16. The highest BCUT2D eigenvalue weighted by Crippen LogP contribution is 2.21. The third-order valence-electron chi connectivity index (χ3n) is 2.77. The molecule has 2 aromatic rings. The Labute approximate surface area is 117 Å². The molecule has 0 spiro atoms. The average Bonchev–Trinajstić information content (AvgIpc) is 2.75. The zero-order valence-electron chi connectivity index (χ0n) is 10.6. The van der Waals surface area contributed by atoms with E-state index in [-0.39, 0.29) is 6.04 Å². The highest BCUT2D eigenvalue weighted by molar-refractivity contribution is 7.09. The van der Waals surface area contributed by atoms with Crippen molar-refractivity contribution in [1.82, 2.24) is 10.3 Å². The standard InChI is InChI=1S/C14H17ClN2S/c1-3-16-13(14-9-18-10(2)17-14)8-11-5-4-6-12(15)7-11/h4-7,9,13,16H,3,8H2,1-2H3. The van der Waals surface area contributed by atoms with Gasteiger partial charge in [0.1, 0.15) is 0 Å². The molecule has 2 rings (SSSR count). The molecule has 1 aromatic heterocycles. The van der Waals surface area contributed by atoms with E-state index in [2.05, 4.69) is 28.7 Å². The first-order chi connectivity index (χ1) is 8.69. The number of nitrogens with zero attached hydrogens (tertiary/aromatic N) is 1. The molecule has 1 aromatic carbocycles. The van der Waals surface area contributed by atoms with Crippen LogP contribution in [-0.2, 0) is 6.42 Å². The zero-order chi connectivity index (χ0) is 13.0. The third kappa shape index (κ3) is 3.55. The summed E-state index contributed by atoms with van der Waals surface area (Å²) in [5.74, 6) is 0. The van der Waals surface area contributed by atoms with Crippen molar-refractivity contribution in [2.75, 3.05) is 6.54 Å². The monoisotopic (exact) mass is 280 g/mol. The van der Waals surface area contributed by atoms with Crippen LogP contribution in [-0.4, -0.2) is 11.5 Å². The molecule has 1 heterocycles. The quantitative estimate of drug-likeness (QED) is 0.895. The van der Waals surface area contributed by atoms with Gasteiger partial charge in [-0.15, -0.1) is 11.3 Å². The minimum Gasteiger partial charge on any atom is -0.309 e. The molecule has 0 bridgehead atoms. The molecule has 1 unspecified atom stereocenters. The number of likely N-dealkylation sites (N-methyl/N-ethyl adjacent to an activating group) is 1. The van der Waals surface area contributed by atoms with Gasteiger partial charge in [0.2, 0.25) is 0 Å². The Kier molecular flexibility index (Phi) is 4.75. The fourth-order valence-corrected chi connectivity index (χ4v) is 2.85. The van der Waals surface area contributed by atoms with Gasteiger partial charge in [-0.1, -0.05) is 30.7 Å². The Hall–Kier alpha value is -0.900. The van der Waals surface area contributed by atoms with Gasteiger partial charge in [0.25, 0.3) is 0 Å². The summed E-state index contributed by atoms with van der Waals surface area (Å²) in [6, 6.07) is 8.28. The topological polar surface area (TPSA) is 24.9 Å². The number of halogens is 1. The molecule has 0 saturated carbocycles. The summed E-state index contributed by atoms with van der Waals surface area (Å²) < 4.78 is 0. The first kappa shape index (κ1) is 13.5. The fourth-order valence-electron chi connectivity index (χ4n) is 1.97. The predicted molar refractivity (Wildman–Crippen MR) is 78.4 cm³/mol. The van der Waals surface area contributed by atoms with Crippen LogP contribution in [0.25, 0.3) is 0 Å². The molecule has 4 heteroatoms. The molecule has 1 N–H and O–H groups in total. The smallest absolute Gasteiger partial charge is 0.0898 e. The van der Waals surface area contributed by atoms with E-state index in [9.17, 15) is 0 Å². The second kappa shape index (κ2) is 6.32. The van der Waals surface area contributed by atoms with Crippen LogP contribution in [0.4, 0.5) is 0 Å².